The molecule has 0 spiro atoms. The second kappa shape index (κ2) is 8.45. The van der Waals surface area contributed by atoms with Crippen LogP contribution < -0.4 is 0 Å². The van der Waals surface area contributed by atoms with E-state index < -0.39 is 0 Å². The first kappa shape index (κ1) is 18.6. The molecule has 140 valence electrons. The number of pyridine rings is 1. The van der Waals surface area contributed by atoms with Crippen molar-refractivity contribution < 1.29 is 9.53 Å². The minimum Gasteiger partial charge on any atom is -0.383 e. The van der Waals surface area contributed by atoms with E-state index in [1.807, 2.05) is 30.2 Å². The number of hydrogen-bond donors (Lipinski definition) is 0. The van der Waals surface area contributed by atoms with E-state index in [9.17, 15) is 4.79 Å². The van der Waals surface area contributed by atoms with Crippen molar-refractivity contribution in [3.05, 3.63) is 47.3 Å². The van der Waals surface area contributed by atoms with Crippen molar-refractivity contribution in [3.8, 4) is 0 Å². The Bertz CT molecular complexity index is 731. The van der Waals surface area contributed by atoms with Crippen molar-refractivity contribution in [2.24, 2.45) is 5.92 Å². The zero-order valence-corrected chi connectivity index (χ0v) is 15.9. The van der Waals surface area contributed by atoms with Gasteiger partial charge in [-0.15, -0.1) is 0 Å². The van der Waals surface area contributed by atoms with Gasteiger partial charge in [0.15, 0.2) is 0 Å². The number of amides is 1. The molecule has 0 atom stereocenters. The zero-order valence-electron chi connectivity index (χ0n) is 15.9. The number of methoxy groups -OCH3 is 1. The molecule has 2 aromatic rings. The van der Waals surface area contributed by atoms with Crippen LogP contribution >= 0.6 is 0 Å². The molecule has 1 aliphatic heterocycles. The Morgan fingerprint density at radius 1 is 1.19 bits per heavy atom. The quantitative estimate of drug-likeness (QED) is 0.798. The molecule has 1 saturated heterocycles. The van der Waals surface area contributed by atoms with Gasteiger partial charge in [-0.25, -0.2) is 4.98 Å². The fourth-order valence-corrected chi connectivity index (χ4v) is 3.54. The Morgan fingerprint density at radius 3 is 2.62 bits per heavy atom. The molecule has 0 N–H and O–H groups in total. The SMILES string of the molecule is COCCn1c(C)cnc1CC1CCN(C(=O)c2ccc(C)nc2)CC1. The van der Waals surface area contributed by atoms with Crippen molar-refractivity contribution in [1.82, 2.24) is 19.4 Å². The lowest BCUT2D eigenvalue weighted by molar-refractivity contribution is 0.0689. The van der Waals surface area contributed by atoms with E-state index in [1.165, 1.54) is 5.69 Å². The predicted molar refractivity (Wildman–Crippen MR) is 100 cm³/mol. The standard InChI is InChI=1S/C20H28N4O2/c1-15-4-5-18(14-21-15)20(25)23-8-6-17(7-9-23)12-19-22-13-16(2)24(19)10-11-26-3/h4-5,13-14,17H,6-12H2,1-3H3. The van der Waals surface area contributed by atoms with Gasteiger partial charge in [0.25, 0.3) is 5.91 Å². The number of ether oxygens (including phenoxy) is 1. The Kier molecular flexibility index (Phi) is 6.04. The molecule has 1 fully saturated rings. The molecule has 0 aromatic carbocycles. The van der Waals surface area contributed by atoms with Gasteiger partial charge in [-0.05, 0) is 44.7 Å². The van der Waals surface area contributed by atoms with Crippen molar-refractivity contribution in [3.63, 3.8) is 0 Å². The number of hydrogen-bond acceptors (Lipinski definition) is 4. The van der Waals surface area contributed by atoms with Gasteiger partial charge in [0, 0.05) is 56.9 Å². The van der Waals surface area contributed by atoms with Crippen LogP contribution in [0.4, 0.5) is 0 Å². The highest BCUT2D eigenvalue weighted by Gasteiger charge is 2.25. The summed E-state index contributed by atoms with van der Waals surface area (Å²) >= 11 is 0. The highest BCUT2D eigenvalue weighted by atomic mass is 16.5. The second-order valence-corrected chi connectivity index (χ2v) is 7.09. The predicted octanol–water partition coefficient (Wildman–Crippen LogP) is 2.64. The minimum absolute atomic E-state index is 0.0911. The van der Waals surface area contributed by atoms with Gasteiger partial charge in [0.05, 0.1) is 12.2 Å². The molecule has 0 radical (unpaired) electrons. The van der Waals surface area contributed by atoms with Crippen LogP contribution in [0.5, 0.6) is 0 Å². The van der Waals surface area contributed by atoms with Gasteiger partial charge < -0.3 is 14.2 Å². The largest absolute Gasteiger partial charge is 0.383 e. The highest BCUT2D eigenvalue weighted by molar-refractivity contribution is 5.93. The first-order chi connectivity index (χ1) is 12.6. The first-order valence-corrected chi connectivity index (χ1v) is 9.30. The summed E-state index contributed by atoms with van der Waals surface area (Å²) in [4.78, 5) is 23.4. The van der Waals surface area contributed by atoms with Crippen LogP contribution in [-0.4, -0.2) is 52.1 Å². The Morgan fingerprint density at radius 2 is 1.96 bits per heavy atom. The number of aryl methyl sites for hydroxylation is 2. The summed E-state index contributed by atoms with van der Waals surface area (Å²) in [5, 5.41) is 0. The normalized spacial score (nSPS) is 15.4. The molecule has 1 aliphatic rings. The maximum absolute atomic E-state index is 12.6. The van der Waals surface area contributed by atoms with Crippen LogP contribution in [0, 0.1) is 19.8 Å². The maximum atomic E-state index is 12.6. The van der Waals surface area contributed by atoms with E-state index in [0.717, 1.165) is 50.4 Å². The lowest BCUT2D eigenvalue weighted by Crippen LogP contribution is -2.39. The van der Waals surface area contributed by atoms with E-state index >= 15 is 0 Å². The Balaban J connectivity index is 1.56. The van der Waals surface area contributed by atoms with Crippen LogP contribution in [0.25, 0.3) is 0 Å². The number of aromatic nitrogens is 3. The summed E-state index contributed by atoms with van der Waals surface area (Å²) < 4.78 is 7.46. The average molecular weight is 356 g/mol. The van der Waals surface area contributed by atoms with Gasteiger partial charge in [0.2, 0.25) is 0 Å². The number of imidazole rings is 1. The molecule has 26 heavy (non-hydrogen) atoms. The summed E-state index contributed by atoms with van der Waals surface area (Å²) in [7, 11) is 1.72. The molecule has 3 rings (SSSR count). The summed E-state index contributed by atoms with van der Waals surface area (Å²) in [6.45, 7) is 7.16. The molecule has 3 heterocycles. The third-order valence-electron chi connectivity index (χ3n) is 5.19. The fourth-order valence-electron chi connectivity index (χ4n) is 3.54. The third kappa shape index (κ3) is 4.30. The van der Waals surface area contributed by atoms with Gasteiger partial charge in [-0.2, -0.15) is 0 Å². The van der Waals surface area contributed by atoms with Gasteiger partial charge in [-0.3, -0.25) is 9.78 Å². The fraction of sp³-hybridized carbons (Fsp3) is 0.550. The lowest BCUT2D eigenvalue weighted by Gasteiger charge is -2.32. The first-order valence-electron chi connectivity index (χ1n) is 9.30. The van der Waals surface area contributed by atoms with Crippen molar-refractivity contribution in [2.75, 3.05) is 26.8 Å². The van der Waals surface area contributed by atoms with Gasteiger partial charge >= 0.3 is 0 Å². The van der Waals surface area contributed by atoms with Crippen LogP contribution in [0.2, 0.25) is 0 Å². The molecule has 0 saturated carbocycles. The molecule has 2 aromatic heterocycles. The van der Waals surface area contributed by atoms with Crippen LogP contribution in [0.3, 0.4) is 0 Å². The smallest absolute Gasteiger partial charge is 0.255 e. The van der Waals surface area contributed by atoms with Gasteiger partial charge in [-0.1, -0.05) is 0 Å². The van der Waals surface area contributed by atoms with Crippen LogP contribution in [0.15, 0.2) is 24.5 Å². The Hall–Kier alpha value is -2.21. The second-order valence-electron chi connectivity index (χ2n) is 7.09. The number of carbonyl (C=O) groups excluding carboxylic acids is 1. The van der Waals surface area contributed by atoms with Crippen molar-refractivity contribution in [2.45, 2.75) is 39.7 Å². The molecule has 6 nitrogen and oxygen atoms in total. The van der Waals surface area contributed by atoms with Crippen LogP contribution in [-0.2, 0) is 17.7 Å². The molecule has 0 unspecified atom stereocenters. The van der Waals surface area contributed by atoms with E-state index in [2.05, 4.69) is 21.5 Å². The van der Waals surface area contributed by atoms with E-state index in [0.29, 0.717) is 18.1 Å². The molecule has 0 aliphatic carbocycles. The minimum atomic E-state index is 0.0911. The van der Waals surface area contributed by atoms with E-state index in [-0.39, 0.29) is 5.91 Å². The van der Waals surface area contributed by atoms with E-state index in [1.54, 1.807) is 13.3 Å². The van der Waals surface area contributed by atoms with Crippen molar-refractivity contribution >= 4 is 5.91 Å². The number of piperidine rings is 1. The monoisotopic (exact) mass is 356 g/mol. The molecular formula is C20H28N4O2. The summed E-state index contributed by atoms with van der Waals surface area (Å²) in [5.74, 6) is 1.79. The lowest BCUT2D eigenvalue weighted by atomic mass is 9.93. The molecule has 6 heteroatoms. The Labute approximate surface area is 155 Å². The summed E-state index contributed by atoms with van der Waals surface area (Å²) in [6.07, 6.45) is 6.61. The number of likely N-dealkylation sites (tertiary alicyclic amines) is 1. The average Bonchev–Trinajstić information content (AvgIpc) is 3.00. The highest BCUT2D eigenvalue weighted by Crippen LogP contribution is 2.23. The third-order valence-corrected chi connectivity index (χ3v) is 5.19. The molecular weight excluding hydrogens is 328 g/mol. The maximum Gasteiger partial charge on any atom is 0.255 e. The zero-order chi connectivity index (χ0) is 18.5. The molecule has 0 bridgehead atoms. The van der Waals surface area contributed by atoms with Crippen molar-refractivity contribution in [1.29, 1.82) is 0 Å². The number of nitrogens with zero attached hydrogens (tertiary/aromatic N) is 4. The number of carbonyl (C=O) groups is 1. The van der Waals surface area contributed by atoms with Gasteiger partial charge in [0.1, 0.15) is 5.82 Å². The number of rotatable bonds is 6. The van der Waals surface area contributed by atoms with Crippen LogP contribution in [0.1, 0.15) is 40.4 Å². The summed E-state index contributed by atoms with van der Waals surface area (Å²) in [5.41, 5.74) is 2.79. The topological polar surface area (TPSA) is 60.2 Å². The molecule has 1 amide bonds. The van der Waals surface area contributed by atoms with E-state index in [4.69, 9.17) is 4.74 Å². The summed E-state index contributed by atoms with van der Waals surface area (Å²) in [6, 6.07) is 3.76.